The van der Waals surface area contributed by atoms with Crippen LogP contribution in [0.1, 0.15) is 34.3 Å². The van der Waals surface area contributed by atoms with E-state index in [9.17, 15) is 19.8 Å². The van der Waals surface area contributed by atoms with E-state index in [0.29, 0.717) is 35.6 Å². The van der Waals surface area contributed by atoms with Crippen LogP contribution in [0.2, 0.25) is 0 Å². The molecule has 27 heavy (non-hydrogen) atoms. The molecule has 2 fully saturated rings. The Kier molecular flexibility index (Phi) is 3.25. The summed E-state index contributed by atoms with van der Waals surface area (Å²) in [5, 5.41) is 19.7. The number of hydrogen-bond donors (Lipinski definition) is 4. The van der Waals surface area contributed by atoms with Gasteiger partial charge in [0.2, 0.25) is 0 Å². The number of benzene rings is 1. The number of hydrogen-bond acceptors (Lipinski definition) is 5. The number of carbonyl (C=O) groups is 1. The Hall–Kier alpha value is -2.80. The van der Waals surface area contributed by atoms with Crippen LogP contribution in [-0.4, -0.2) is 40.3 Å². The van der Waals surface area contributed by atoms with E-state index in [0.717, 1.165) is 29.9 Å². The van der Waals surface area contributed by atoms with E-state index in [1.807, 2.05) is 19.1 Å². The van der Waals surface area contributed by atoms with Gasteiger partial charge in [0.15, 0.2) is 5.56 Å². The second-order valence-electron chi connectivity index (χ2n) is 8.03. The van der Waals surface area contributed by atoms with Crippen LogP contribution in [0.3, 0.4) is 0 Å². The number of nitrogens with one attached hydrogen (secondary N) is 1. The van der Waals surface area contributed by atoms with Gasteiger partial charge in [-0.1, -0.05) is 13.0 Å². The van der Waals surface area contributed by atoms with Gasteiger partial charge >= 0.3 is 5.97 Å². The van der Waals surface area contributed by atoms with Crippen LogP contribution in [0.4, 0.5) is 5.69 Å². The maximum absolute atomic E-state index is 12.2. The fraction of sp³-hybridized carbons (Fsp3) is 0.400. The Labute approximate surface area is 155 Å². The molecule has 140 valence electrons. The third-order valence-corrected chi connectivity index (χ3v) is 6.44. The van der Waals surface area contributed by atoms with Gasteiger partial charge in [-0.3, -0.25) is 4.79 Å². The van der Waals surface area contributed by atoms with Crippen molar-refractivity contribution in [1.29, 1.82) is 0 Å². The van der Waals surface area contributed by atoms with Crippen molar-refractivity contribution in [3.05, 3.63) is 45.2 Å². The van der Waals surface area contributed by atoms with Crippen molar-refractivity contribution in [3.8, 4) is 17.0 Å². The summed E-state index contributed by atoms with van der Waals surface area (Å²) in [5.74, 6) is -0.738. The number of H-pyrrole nitrogens is 1. The Balaban J connectivity index is 1.59. The monoisotopic (exact) mass is 367 g/mol. The number of rotatable bonds is 2. The second kappa shape index (κ2) is 5.36. The van der Waals surface area contributed by atoms with Crippen LogP contribution in [-0.2, 0) is 6.42 Å². The SMILES string of the molecule is CC1Cc2cc(N3CC4C(N)C4C3)ccc2-c2[nH]c(=O)c(C(=O)O)c(O)c21. The first kappa shape index (κ1) is 16.4. The number of piperidine rings is 1. The largest absolute Gasteiger partial charge is 0.506 e. The summed E-state index contributed by atoms with van der Waals surface area (Å²) in [6.07, 6.45) is 0.676. The first-order chi connectivity index (χ1) is 12.9. The van der Waals surface area contributed by atoms with E-state index < -0.39 is 22.8 Å². The lowest BCUT2D eigenvalue weighted by Gasteiger charge is -2.28. The zero-order valence-corrected chi connectivity index (χ0v) is 14.9. The van der Waals surface area contributed by atoms with Gasteiger partial charge in [-0.25, -0.2) is 4.79 Å². The number of carboxylic acids is 1. The highest BCUT2D eigenvalue weighted by Gasteiger charge is 2.53. The molecule has 5 N–H and O–H groups in total. The maximum atomic E-state index is 12.2. The van der Waals surface area contributed by atoms with Crippen LogP contribution in [0.5, 0.6) is 5.75 Å². The number of aromatic nitrogens is 1. The number of fused-ring (bicyclic) bond motifs is 4. The average Bonchev–Trinajstić information content (AvgIpc) is 3.02. The summed E-state index contributed by atoms with van der Waals surface area (Å²) in [6.45, 7) is 3.90. The number of aromatic amines is 1. The van der Waals surface area contributed by atoms with Crippen LogP contribution in [0, 0.1) is 11.8 Å². The molecular formula is C20H21N3O4. The average molecular weight is 367 g/mol. The van der Waals surface area contributed by atoms with Gasteiger partial charge in [0.25, 0.3) is 5.56 Å². The van der Waals surface area contributed by atoms with E-state index >= 15 is 0 Å². The van der Waals surface area contributed by atoms with Gasteiger partial charge < -0.3 is 25.8 Å². The fourth-order valence-corrected chi connectivity index (χ4v) is 4.90. The van der Waals surface area contributed by atoms with Crippen molar-refractivity contribution in [3.63, 3.8) is 0 Å². The molecule has 0 bridgehead atoms. The normalized spacial score (nSPS) is 27.7. The van der Waals surface area contributed by atoms with E-state index in [1.165, 1.54) is 0 Å². The zero-order chi connectivity index (χ0) is 19.0. The van der Waals surface area contributed by atoms with Crippen molar-refractivity contribution < 1.29 is 15.0 Å². The molecule has 0 spiro atoms. The molecule has 2 heterocycles. The summed E-state index contributed by atoms with van der Waals surface area (Å²) in [7, 11) is 0. The molecule has 0 amide bonds. The molecule has 1 saturated carbocycles. The number of nitrogens with zero attached hydrogens (tertiary/aromatic N) is 1. The molecule has 7 heteroatoms. The third-order valence-electron chi connectivity index (χ3n) is 6.44. The van der Waals surface area contributed by atoms with Crippen LogP contribution in [0.15, 0.2) is 23.0 Å². The second-order valence-corrected chi connectivity index (χ2v) is 8.03. The molecule has 3 unspecified atom stereocenters. The summed E-state index contributed by atoms with van der Waals surface area (Å²) in [6, 6.07) is 6.47. The lowest BCUT2D eigenvalue weighted by atomic mass is 9.81. The highest BCUT2D eigenvalue weighted by Crippen LogP contribution is 2.47. The molecule has 1 aromatic heterocycles. The lowest BCUT2D eigenvalue weighted by molar-refractivity contribution is 0.0691. The quantitative estimate of drug-likeness (QED) is 0.639. The summed E-state index contributed by atoms with van der Waals surface area (Å²) >= 11 is 0. The summed E-state index contributed by atoms with van der Waals surface area (Å²) in [5.41, 5.74) is 8.77. The van der Waals surface area contributed by atoms with E-state index in [2.05, 4.69) is 16.0 Å². The van der Waals surface area contributed by atoms with Gasteiger partial charge in [-0.05, 0) is 41.9 Å². The van der Waals surface area contributed by atoms with E-state index in [4.69, 9.17) is 5.73 Å². The minimum absolute atomic E-state index is 0.0990. The van der Waals surface area contributed by atoms with Crippen molar-refractivity contribution in [1.82, 2.24) is 4.98 Å². The van der Waals surface area contributed by atoms with Gasteiger partial charge in [0.1, 0.15) is 5.75 Å². The molecule has 1 aliphatic heterocycles. The Morgan fingerprint density at radius 1 is 1.30 bits per heavy atom. The third kappa shape index (κ3) is 2.24. The highest BCUT2D eigenvalue weighted by atomic mass is 16.4. The fourth-order valence-electron chi connectivity index (χ4n) is 4.90. The minimum Gasteiger partial charge on any atom is -0.506 e. The van der Waals surface area contributed by atoms with Gasteiger partial charge in [-0.2, -0.15) is 0 Å². The molecule has 7 nitrogen and oxygen atoms in total. The predicted octanol–water partition coefficient (Wildman–Crippen LogP) is 1.50. The number of pyridine rings is 1. The van der Waals surface area contributed by atoms with Crippen LogP contribution in [0.25, 0.3) is 11.3 Å². The van der Waals surface area contributed by atoms with Gasteiger partial charge in [0.05, 0.1) is 5.69 Å². The molecule has 3 aliphatic rings. The molecule has 2 aromatic rings. The first-order valence-electron chi connectivity index (χ1n) is 9.23. The van der Waals surface area contributed by atoms with Crippen molar-refractivity contribution >= 4 is 11.7 Å². The molecular weight excluding hydrogens is 346 g/mol. The number of carboxylic acid groups (broad SMARTS) is 1. The number of aromatic hydroxyl groups is 1. The molecule has 2 aliphatic carbocycles. The van der Waals surface area contributed by atoms with Crippen molar-refractivity contribution in [2.24, 2.45) is 17.6 Å². The Morgan fingerprint density at radius 3 is 2.67 bits per heavy atom. The predicted molar refractivity (Wildman–Crippen MR) is 100 cm³/mol. The number of aromatic carboxylic acids is 1. The van der Waals surface area contributed by atoms with E-state index in [-0.39, 0.29) is 5.92 Å². The number of nitrogens with two attached hydrogens (primary N) is 1. The first-order valence-corrected chi connectivity index (χ1v) is 9.23. The Morgan fingerprint density at radius 2 is 2.00 bits per heavy atom. The highest BCUT2D eigenvalue weighted by molar-refractivity contribution is 5.92. The van der Waals surface area contributed by atoms with Crippen molar-refractivity contribution in [2.45, 2.75) is 25.3 Å². The Bertz CT molecular complexity index is 1030. The summed E-state index contributed by atoms with van der Waals surface area (Å²) in [4.78, 5) is 28.6. The molecule has 3 atom stereocenters. The van der Waals surface area contributed by atoms with Gasteiger partial charge in [0, 0.05) is 35.9 Å². The smallest absolute Gasteiger partial charge is 0.345 e. The molecule has 5 rings (SSSR count). The van der Waals surface area contributed by atoms with E-state index in [1.54, 1.807) is 0 Å². The standard InChI is InChI=1S/C20H21N3O4/c1-8-4-9-5-10(23-6-12-13(7-23)16(12)21)2-3-11(9)17-14(8)18(24)15(20(26)27)19(25)22-17/h2-3,5,8,12-13,16H,4,6-7,21H2,1H3,(H,26,27)(H2,22,24,25). The maximum Gasteiger partial charge on any atom is 0.345 e. The minimum atomic E-state index is -1.42. The number of anilines is 1. The zero-order valence-electron chi connectivity index (χ0n) is 14.9. The molecule has 1 aromatic carbocycles. The molecule has 1 saturated heterocycles. The van der Waals surface area contributed by atoms with Crippen molar-refractivity contribution in [2.75, 3.05) is 18.0 Å². The lowest BCUT2D eigenvalue weighted by Crippen LogP contribution is -2.28. The van der Waals surface area contributed by atoms with Crippen LogP contribution >= 0.6 is 0 Å². The topological polar surface area (TPSA) is 120 Å². The summed E-state index contributed by atoms with van der Waals surface area (Å²) < 4.78 is 0. The van der Waals surface area contributed by atoms with Crippen LogP contribution < -0.4 is 16.2 Å². The molecule has 0 radical (unpaired) electrons. The van der Waals surface area contributed by atoms with Gasteiger partial charge in [-0.15, -0.1) is 0 Å².